The van der Waals surface area contributed by atoms with Crippen LogP contribution in [0.3, 0.4) is 0 Å². The van der Waals surface area contributed by atoms with Crippen molar-refractivity contribution in [2.45, 2.75) is 13.1 Å². The van der Waals surface area contributed by atoms with Gasteiger partial charge in [0.15, 0.2) is 0 Å². The molecule has 0 saturated heterocycles. The van der Waals surface area contributed by atoms with Crippen molar-refractivity contribution in [3.05, 3.63) is 70.0 Å². The minimum absolute atomic E-state index is 0.0716. The molecule has 2 heterocycles. The number of hydrogen-bond acceptors (Lipinski definition) is 5. The average Bonchev–Trinajstić information content (AvgIpc) is 3.06. The summed E-state index contributed by atoms with van der Waals surface area (Å²) in [5, 5.41) is 5.56. The molecule has 0 radical (unpaired) electrons. The summed E-state index contributed by atoms with van der Waals surface area (Å²) in [4.78, 5) is 30.7. The minimum Gasteiger partial charge on any atom is -0.337 e. The lowest BCUT2D eigenvalue weighted by molar-refractivity contribution is -0.131. The smallest absolute Gasteiger partial charge is 0.244 e. The maximum Gasteiger partial charge on any atom is 0.244 e. The highest BCUT2D eigenvalue weighted by molar-refractivity contribution is 7.18. The standard InChI is InChI=1S/C19H16N4O2S/c1-22(11-18-21-14-7-3-5-9-17(14)26-18)19(25)12-23-15-8-4-2-6-13(15)16(24)10-20-23/h2-10H,11-12H2,1H3. The topological polar surface area (TPSA) is 68.1 Å². The summed E-state index contributed by atoms with van der Waals surface area (Å²) in [6.07, 6.45) is 1.25. The Morgan fingerprint density at radius 3 is 2.77 bits per heavy atom. The fourth-order valence-electron chi connectivity index (χ4n) is 2.81. The predicted molar refractivity (Wildman–Crippen MR) is 102 cm³/mol. The number of benzene rings is 2. The lowest BCUT2D eigenvalue weighted by Gasteiger charge is -2.17. The molecule has 0 fully saturated rings. The Labute approximate surface area is 153 Å². The first-order valence-corrected chi connectivity index (χ1v) is 8.97. The highest BCUT2D eigenvalue weighted by atomic mass is 32.1. The molecule has 1 amide bonds. The number of hydrogen-bond donors (Lipinski definition) is 0. The largest absolute Gasteiger partial charge is 0.337 e. The second-order valence-electron chi connectivity index (χ2n) is 6.01. The molecule has 6 nitrogen and oxygen atoms in total. The molecule has 2 aromatic carbocycles. The van der Waals surface area contributed by atoms with E-state index in [9.17, 15) is 9.59 Å². The van der Waals surface area contributed by atoms with Gasteiger partial charge >= 0.3 is 0 Å². The number of amides is 1. The van der Waals surface area contributed by atoms with Gasteiger partial charge in [0.05, 0.1) is 28.5 Å². The van der Waals surface area contributed by atoms with E-state index in [0.717, 1.165) is 15.2 Å². The summed E-state index contributed by atoms with van der Waals surface area (Å²) >= 11 is 1.59. The summed E-state index contributed by atoms with van der Waals surface area (Å²) < 4.78 is 2.67. The predicted octanol–water partition coefficient (Wildman–Crippen LogP) is 2.66. The van der Waals surface area contributed by atoms with E-state index >= 15 is 0 Å². The number of carbonyl (C=O) groups excluding carboxylic acids is 1. The van der Waals surface area contributed by atoms with Crippen LogP contribution >= 0.6 is 11.3 Å². The van der Waals surface area contributed by atoms with Crippen molar-refractivity contribution < 1.29 is 4.79 Å². The van der Waals surface area contributed by atoms with Crippen LogP contribution in [-0.2, 0) is 17.9 Å². The number of aromatic nitrogens is 3. The second-order valence-corrected chi connectivity index (χ2v) is 7.12. The Bertz CT molecular complexity index is 1130. The molecule has 0 unspecified atom stereocenters. The van der Waals surface area contributed by atoms with Gasteiger partial charge < -0.3 is 4.90 Å². The maximum atomic E-state index is 12.6. The first-order chi connectivity index (χ1) is 12.6. The average molecular weight is 364 g/mol. The molecule has 0 aliphatic carbocycles. The van der Waals surface area contributed by atoms with Gasteiger partial charge in [-0.05, 0) is 24.3 Å². The van der Waals surface area contributed by atoms with E-state index in [4.69, 9.17) is 0 Å². The Kier molecular flexibility index (Phi) is 4.22. The highest BCUT2D eigenvalue weighted by Crippen LogP contribution is 2.22. The molecule has 4 aromatic rings. The molecule has 26 heavy (non-hydrogen) atoms. The Morgan fingerprint density at radius 2 is 1.92 bits per heavy atom. The summed E-state index contributed by atoms with van der Waals surface area (Å²) in [6.45, 7) is 0.512. The van der Waals surface area contributed by atoms with Gasteiger partial charge in [0, 0.05) is 12.4 Å². The minimum atomic E-state index is -0.146. The lowest BCUT2D eigenvalue weighted by Crippen LogP contribution is -2.31. The maximum absolute atomic E-state index is 12.6. The van der Waals surface area contributed by atoms with Gasteiger partial charge in [-0.25, -0.2) is 4.98 Å². The third-order valence-electron chi connectivity index (χ3n) is 4.18. The van der Waals surface area contributed by atoms with E-state index in [0.29, 0.717) is 17.4 Å². The highest BCUT2D eigenvalue weighted by Gasteiger charge is 2.14. The summed E-state index contributed by atoms with van der Waals surface area (Å²) in [5.41, 5.74) is 1.45. The molecule has 0 saturated carbocycles. The zero-order valence-electron chi connectivity index (χ0n) is 14.1. The number of nitrogens with zero attached hydrogens (tertiary/aromatic N) is 4. The summed E-state index contributed by atoms with van der Waals surface area (Å²) in [5.74, 6) is -0.0921. The number of para-hydroxylation sites is 2. The normalized spacial score (nSPS) is 11.1. The fraction of sp³-hybridized carbons (Fsp3) is 0.158. The second kappa shape index (κ2) is 6.68. The number of thiazole rings is 1. The van der Waals surface area contributed by atoms with Gasteiger partial charge in [-0.1, -0.05) is 24.3 Å². The number of rotatable bonds is 4. The van der Waals surface area contributed by atoms with Crippen molar-refractivity contribution in [1.29, 1.82) is 0 Å². The Morgan fingerprint density at radius 1 is 1.15 bits per heavy atom. The molecule has 0 N–H and O–H groups in total. The number of carbonyl (C=O) groups is 1. The van der Waals surface area contributed by atoms with Crippen LogP contribution in [0, 0.1) is 0 Å². The van der Waals surface area contributed by atoms with E-state index < -0.39 is 0 Å². The van der Waals surface area contributed by atoms with Crippen LogP contribution in [0.25, 0.3) is 21.1 Å². The van der Waals surface area contributed by atoms with Crippen molar-refractivity contribution >= 4 is 38.4 Å². The van der Waals surface area contributed by atoms with E-state index in [-0.39, 0.29) is 17.9 Å². The molecule has 0 aliphatic rings. The van der Waals surface area contributed by atoms with E-state index in [1.54, 1.807) is 46.2 Å². The van der Waals surface area contributed by atoms with Gasteiger partial charge in [0.2, 0.25) is 11.3 Å². The molecule has 7 heteroatoms. The van der Waals surface area contributed by atoms with Gasteiger partial charge in [-0.3, -0.25) is 14.3 Å². The quantitative estimate of drug-likeness (QED) is 0.558. The molecule has 0 aliphatic heterocycles. The van der Waals surface area contributed by atoms with Gasteiger partial charge in [-0.2, -0.15) is 5.10 Å². The van der Waals surface area contributed by atoms with E-state index in [1.807, 2.05) is 30.3 Å². The summed E-state index contributed by atoms with van der Waals surface area (Å²) in [7, 11) is 1.75. The molecule has 130 valence electrons. The zero-order chi connectivity index (χ0) is 18.1. The van der Waals surface area contributed by atoms with Crippen molar-refractivity contribution in [1.82, 2.24) is 19.7 Å². The number of likely N-dealkylation sites (N-methyl/N-ethyl adjacent to an activating group) is 1. The van der Waals surface area contributed by atoms with E-state index in [1.165, 1.54) is 6.20 Å². The van der Waals surface area contributed by atoms with Crippen molar-refractivity contribution in [3.63, 3.8) is 0 Å². The summed E-state index contributed by atoms with van der Waals surface area (Å²) in [6, 6.07) is 15.1. The third kappa shape index (κ3) is 3.09. The molecule has 2 aromatic heterocycles. The van der Waals surface area contributed by atoms with Crippen LogP contribution in [0.2, 0.25) is 0 Å². The van der Waals surface area contributed by atoms with Crippen LogP contribution in [-0.4, -0.2) is 32.6 Å². The fourth-order valence-corrected chi connectivity index (χ4v) is 3.84. The van der Waals surface area contributed by atoms with Crippen LogP contribution in [0.15, 0.2) is 59.5 Å². The lowest BCUT2D eigenvalue weighted by atomic mass is 10.2. The van der Waals surface area contributed by atoms with Gasteiger partial charge in [-0.15, -0.1) is 11.3 Å². The van der Waals surface area contributed by atoms with Crippen molar-refractivity contribution in [3.8, 4) is 0 Å². The third-order valence-corrected chi connectivity index (χ3v) is 5.20. The van der Waals surface area contributed by atoms with Crippen LogP contribution in [0.5, 0.6) is 0 Å². The Balaban J connectivity index is 1.54. The van der Waals surface area contributed by atoms with Gasteiger partial charge in [0.25, 0.3) is 0 Å². The first-order valence-electron chi connectivity index (χ1n) is 8.15. The zero-order valence-corrected chi connectivity index (χ0v) is 14.9. The molecular formula is C19H16N4O2S. The van der Waals surface area contributed by atoms with Gasteiger partial charge in [0.1, 0.15) is 11.6 Å². The molecule has 0 spiro atoms. The first kappa shape index (κ1) is 16.4. The molecule has 4 rings (SSSR count). The van der Waals surface area contributed by atoms with Crippen molar-refractivity contribution in [2.24, 2.45) is 0 Å². The van der Waals surface area contributed by atoms with Crippen LogP contribution in [0.1, 0.15) is 5.01 Å². The molecule has 0 atom stereocenters. The monoisotopic (exact) mass is 364 g/mol. The number of fused-ring (bicyclic) bond motifs is 2. The molecular weight excluding hydrogens is 348 g/mol. The van der Waals surface area contributed by atoms with Crippen LogP contribution < -0.4 is 5.43 Å². The van der Waals surface area contributed by atoms with E-state index in [2.05, 4.69) is 10.1 Å². The van der Waals surface area contributed by atoms with Crippen molar-refractivity contribution in [2.75, 3.05) is 7.05 Å². The SMILES string of the molecule is CN(Cc1nc2ccccc2s1)C(=O)Cn1ncc(=O)c2ccccc21. The van der Waals surface area contributed by atoms with Crippen LogP contribution in [0.4, 0.5) is 0 Å². The molecule has 0 bridgehead atoms. The Hall–Kier alpha value is -3.06.